The second-order valence-corrected chi connectivity index (χ2v) is 3.83. The molecule has 0 bridgehead atoms. The molecule has 4 atom stereocenters. The van der Waals surface area contributed by atoms with Gasteiger partial charge in [-0.25, -0.2) is 9.18 Å². The van der Waals surface area contributed by atoms with Gasteiger partial charge >= 0.3 is 5.97 Å². The van der Waals surface area contributed by atoms with Gasteiger partial charge < -0.3 is 9.84 Å². The highest BCUT2D eigenvalue weighted by Crippen LogP contribution is 2.63. The first-order chi connectivity index (χ1) is 6.10. The maximum atomic E-state index is 13.8. The lowest BCUT2D eigenvalue weighted by Crippen LogP contribution is -2.28. The summed E-state index contributed by atoms with van der Waals surface area (Å²) < 4.78 is 18.4. The van der Waals surface area contributed by atoms with Crippen molar-refractivity contribution in [3.63, 3.8) is 0 Å². The molecule has 74 valence electrons. The number of rotatable bonds is 2. The summed E-state index contributed by atoms with van der Waals surface area (Å²) in [5, 5.41) is 9.16. The summed E-state index contributed by atoms with van der Waals surface area (Å²) in [6.07, 6.45) is 0.383. The second kappa shape index (κ2) is 2.67. The molecule has 2 fully saturated rings. The second-order valence-electron chi connectivity index (χ2n) is 3.83. The Balaban J connectivity index is 1.99. The van der Waals surface area contributed by atoms with Crippen LogP contribution in [0.25, 0.3) is 0 Å². The fraction of sp³-hybridized carbons (Fsp3) is 0.889. The normalized spacial score (nSPS) is 47.2. The molecule has 2 aliphatic rings. The Morgan fingerprint density at radius 2 is 2.15 bits per heavy atom. The number of fused-ring (bicyclic) bond motifs is 1. The summed E-state index contributed by atoms with van der Waals surface area (Å²) in [4.78, 5) is 11.2. The number of halogens is 1. The monoisotopic (exact) mass is 188 g/mol. The van der Waals surface area contributed by atoms with Crippen molar-refractivity contribution >= 4 is 5.97 Å². The van der Waals surface area contributed by atoms with Crippen molar-refractivity contribution < 1.29 is 19.0 Å². The summed E-state index contributed by atoms with van der Waals surface area (Å²) in [5.41, 5.74) is -1.77. The molecule has 2 unspecified atom stereocenters. The van der Waals surface area contributed by atoms with Crippen molar-refractivity contribution in [2.45, 2.75) is 31.5 Å². The number of alkyl halides is 1. The average Bonchev–Trinajstić information content (AvgIpc) is 2.45. The molecule has 2 rings (SSSR count). The third-order valence-electron chi connectivity index (χ3n) is 3.10. The fourth-order valence-corrected chi connectivity index (χ4v) is 2.40. The molecule has 0 spiro atoms. The van der Waals surface area contributed by atoms with Gasteiger partial charge in [0.1, 0.15) is 0 Å². The Bertz CT molecular complexity index is 229. The molecular weight excluding hydrogens is 175 g/mol. The van der Waals surface area contributed by atoms with Crippen LogP contribution in [-0.4, -0.2) is 29.5 Å². The van der Waals surface area contributed by atoms with Gasteiger partial charge in [-0.1, -0.05) is 0 Å². The molecule has 0 aromatic heterocycles. The molecule has 2 saturated carbocycles. The zero-order valence-electron chi connectivity index (χ0n) is 7.50. The minimum atomic E-state index is -1.77. The number of aliphatic hydroxyl groups is 1. The van der Waals surface area contributed by atoms with Gasteiger partial charge in [-0.15, -0.1) is 0 Å². The highest BCUT2D eigenvalue weighted by molar-refractivity contribution is 5.84. The molecular formula is C9H13FO3. The van der Waals surface area contributed by atoms with Crippen molar-refractivity contribution in [1.29, 1.82) is 0 Å². The smallest absolute Gasteiger partial charge is 0.344 e. The predicted molar refractivity (Wildman–Crippen MR) is 42.7 cm³/mol. The van der Waals surface area contributed by atoms with E-state index in [0.29, 0.717) is 12.8 Å². The van der Waals surface area contributed by atoms with Crippen LogP contribution in [-0.2, 0) is 9.53 Å². The zero-order valence-corrected chi connectivity index (χ0v) is 7.50. The molecule has 4 heteroatoms. The van der Waals surface area contributed by atoms with E-state index in [9.17, 15) is 9.18 Å². The summed E-state index contributed by atoms with van der Waals surface area (Å²) in [7, 11) is 0. The standard InChI is InChI=1S/C9H13FO3/c1-2-13-8(12)9(10)6-3-5(11)4-7(6)9/h5-7,11H,2-4H2,1H3/t5?,6-,7+,9?. The van der Waals surface area contributed by atoms with E-state index in [4.69, 9.17) is 5.11 Å². The Labute approximate surface area is 75.9 Å². The first-order valence-corrected chi connectivity index (χ1v) is 4.64. The van der Waals surface area contributed by atoms with Gasteiger partial charge in [0.25, 0.3) is 0 Å². The van der Waals surface area contributed by atoms with Crippen molar-refractivity contribution in [2.75, 3.05) is 6.61 Å². The largest absolute Gasteiger partial charge is 0.464 e. The fourth-order valence-electron chi connectivity index (χ4n) is 2.40. The summed E-state index contributed by atoms with van der Waals surface area (Å²) >= 11 is 0. The molecule has 0 aromatic carbocycles. The van der Waals surface area contributed by atoms with Crippen LogP contribution < -0.4 is 0 Å². The highest BCUT2D eigenvalue weighted by Gasteiger charge is 2.75. The van der Waals surface area contributed by atoms with Crippen LogP contribution in [0.4, 0.5) is 4.39 Å². The van der Waals surface area contributed by atoms with Crippen LogP contribution in [0, 0.1) is 11.8 Å². The third kappa shape index (κ3) is 1.08. The van der Waals surface area contributed by atoms with E-state index in [0.717, 1.165) is 0 Å². The quantitative estimate of drug-likeness (QED) is 0.647. The van der Waals surface area contributed by atoms with E-state index in [1.165, 1.54) is 0 Å². The van der Waals surface area contributed by atoms with Gasteiger partial charge in [-0.3, -0.25) is 0 Å². The van der Waals surface area contributed by atoms with Gasteiger partial charge in [0, 0.05) is 11.8 Å². The van der Waals surface area contributed by atoms with Gasteiger partial charge in [0.15, 0.2) is 0 Å². The maximum Gasteiger partial charge on any atom is 0.344 e. The van der Waals surface area contributed by atoms with Crippen LogP contribution in [0.2, 0.25) is 0 Å². The molecule has 0 radical (unpaired) electrons. The van der Waals surface area contributed by atoms with E-state index >= 15 is 0 Å². The molecule has 0 heterocycles. The molecule has 0 aromatic rings. The SMILES string of the molecule is CCOC(=O)C1(F)[C@@H]2CC(O)C[C@@H]21. The summed E-state index contributed by atoms with van der Waals surface area (Å²) in [6, 6.07) is 0. The van der Waals surface area contributed by atoms with Gasteiger partial charge in [0.2, 0.25) is 5.67 Å². The molecule has 0 saturated heterocycles. The van der Waals surface area contributed by atoms with Gasteiger partial charge in [-0.05, 0) is 19.8 Å². The van der Waals surface area contributed by atoms with Crippen molar-refractivity contribution in [2.24, 2.45) is 11.8 Å². The van der Waals surface area contributed by atoms with E-state index < -0.39 is 17.7 Å². The lowest BCUT2D eigenvalue weighted by molar-refractivity contribution is -0.153. The Kier molecular flexibility index (Phi) is 1.84. The third-order valence-corrected chi connectivity index (χ3v) is 3.10. The van der Waals surface area contributed by atoms with Crippen LogP contribution in [0.3, 0.4) is 0 Å². The summed E-state index contributed by atoms with van der Waals surface area (Å²) in [6.45, 7) is 1.88. The molecule has 2 aliphatic carbocycles. The number of hydrogen-bond acceptors (Lipinski definition) is 3. The molecule has 0 aliphatic heterocycles. The highest BCUT2D eigenvalue weighted by atomic mass is 19.1. The van der Waals surface area contributed by atoms with Crippen LogP contribution in [0.15, 0.2) is 0 Å². The first kappa shape index (κ1) is 8.94. The number of ether oxygens (including phenoxy) is 1. The first-order valence-electron chi connectivity index (χ1n) is 4.64. The van der Waals surface area contributed by atoms with E-state index in [1.807, 2.05) is 0 Å². The zero-order chi connectivity index (χ0) is 9.64. The van der Waals surface area contributed by atoms with E-state index in [-0.39, 0.29) is 18.4 Å². The number of aliphatic hydroxyl groups excluding tert-OH is 1. The van der Waals surface area contributed by atoms with Gasteiger partial charge in [-0.2, -0.15) is 0 Å². The molecule has 0 amide bonds. The minimum absolute atomic E-state index is 0.215. The number of carbonyl (C=O) groups is 1. The van der Waals surface area contributed by atoms with Crippen LogP contribution in [0.5, 0.6) is 0 Å². The minimum Gasteiger partial charge on any atom is -0.464 e. The Hall–Kier alpha value is -0.640. The van der Waals surface area contributed by atoms with E-state index in [2.05, 4.69) is 4.74 Å². The van der Waals surface area contributed by atoms with Crippen molar-refractivity contribution in [3.8, 4) is 0 Å². The Morgan fingerprint density at radius 1 is 1.62 bits per heavy atom. The number of carbonyl (C=O) groups excluding carboxylic acids is 1. The average molecular weight is 188 g/mol. The van der Waals surface area contributed by atoms with Gasteiger partial charge in [0.05, 0.1) is 12.7 Å². The number of esters is 1. The van der Waals surface area contributed by atoms with Crippen molar-refractivity contribution in [3.05, 3.63) is 0 Å². The molecule has 13 heavy (non-hydrogen) atoms. The van der Waals surface area contributed by atoms with Crippen LogP contribution >= 0.6 is 0 Å². The molecule has 3 nitrogen and oxygen atoms in total. The Morgan fingerprint density at radius 3 is 2.62 bits per heavy atom. The predicted octanol–water partition coefficient (Wildman–Crippen LogP) is 0.659. The topological polar surface area (TPSA) is 46.5 Å². The maximum absolute atomic E-state index is 13.8. The number of hydrogen-bond donors (Lipinski definition) is 1. The lowest BCUT2D eigenvalue weighted by atomic mass is 10.1. The van der Waals surface area contributed by atoms with Crippen molar-refractivity contribution in [1.82, 2.24) is 0 Å². The molecule has 1 N–H and O–H groups in total. The van der Waals surface area contributed by atoms with E-state index in [1.54, 1.807) is 6.92 Å². The summed E-state index contributed by atoms with van der Waals surface area (Å²) in [5.74, 6) is -1.32. The lowest BCUT2D eigenvalue weighted by Gasteiger charge is -2.12. The van der Waals surface area contributed by atoms with Crippen LogP contribution in [0.1, 0.15) is 19.8 Å².